The van der Waals surface area contributed by atoms with E-state index < -0.39 is 11.3 Å². The molecule has 90 valence electrons. The van der Waals surface area contributed by atoms with E-state index >= 15 is 0 Å². The van der Waals surface area contributed by atoms with Gasteiger partial charge in [-0.1, -0.05) is 0 Å². The summed E-state index contributed by atoms with van der Waals surface area (Å²) in [7, 11) is 0. The van der Waals surface area contributed by atoms with Gasteiger partial charge in [0.15, 0.2) is 0 Å². The third kappa shape index (κ3) is 3.04. The van der Waals surface area contributed by atoms with E-state index in [1.165, 1.54) is 26.0 Å². The van der Waals surface area contributed by atoms with Crippen molar-refractivity contribution in [3.05, 3.63) is 28.0 Å². The zero-order valence-corrected chi connectivity index (χ0v) is 11.4. The number of rotatable bonds is 2. The molecule has 1 aromatic rings. The number of hydrogen-bond acceptors (Lipinski definition) is 2. The van der Waals surface area contributed by atoms with Crippen LogP contribution >= 0.6 is 15.9 Å². The number of hydrogen-bond donors (Lipinski definition) is 1. The fourth-order valence-corrected chi connectivity index (χ4v) is 1.45. The Labute approximate surface area is 108 Å². The minimum Gasteiger partial charge on any atom is -0.324 e. The maximum absolute atomic E-state index is 13.2. The predicted octanol–water partition coefficient (Wildman–Crippen LogP) is 3.38. The Morgan fingerprint density at radius 1 is 1.53 bits per heavy atom. The molecule has 5 heteroatoms. The van der Waals surface area contributed by atoms with Gasteiger partial charge >= 0.3 is 0 Å². The number of anilines is 1. The Kier molecular flexibility index (Phi) is 3.89. The van der Waals surface area contributed by atoms with Crippen molar-refractivity contribution < 1.29 is 9.18 Å². The smallest absolute Gasteiger partial charge is 0.244 e. The first-order valence-electron chi connectivity index (χ1n) is 4.96. The number of carbonyl (C=O) groups is 1. The highest BCUT2D eigenvalue weighted by Crippen LogP contribution is 2.26. The Hall–Kier alpha value is -1.41. The molecule has 0 aliphatic carbocycles. The third-order valence-corrected chi connectivity index (χ3v) is 2.97. The number of nitriles is 1. The third-order valence-electron chi connectivity index (χ3n) is 2.36. The SMILES string of the molecule is Cc1cc(F)c(Br)cc1NC(=O)C(C)(C)C#N. The van der Waals surface area contributed by atoms with Gasteiger partial charge in [0.05, 0.1) is 10.5 Å². The van der Waals surface area contributed by atoms with E-state index in [-0.39, 0.29) is 10.3 Å². The van der Waals surface area contributed by atoms with Crippen LogP contribution < -0.4 is 5.32 Å². The summed E-state index contributed by atoms with van der Waals surface area (Å²) in [4.78, 5) is 11.8. The molecule has 1 rings (SSSR count). The molecule has 0 heterocycles. The number of aryl methyl sites for hydroxylation is 1. The average Bonchev–Trinajstić information content (AvgIpc) is 2.25. The van der Waals surface area contributed by atoms with Gasteiger partial charge in [-0.3, -0.25) is 4.79 Å². The molecule has 0 bridgehead atoms. The maximum Gasteiger partial charge on any atom is 0.244 e. The first-order chi connectivity index (χ1) is 7.77. The molecule has 0 radical (unpaired) electrons. The van der Waals surface area contributed by atoms with E-state index in [0.29, 0.717) is 11.3 Å². The summed E-state index contributed by atoms with van der Waals surface area (Å²) in [6.45, 7) is 4.73. The van der Waals surface area contributed by atoms with Crippen LogP contribution in [-0.2, 0) is 4.79 Å². The largest absolute Gasteiger partial charge is 0.324 e. The lowest BCUT2D eigenvalue weighted by molar-refractivity contribution is -0.121. The van der Waals surface area contributed by atoms with Crippen molar-refractivity contribution in [2.75, 3.05) is 5.32 Å². The van der Waals surface area contributed by atoms with Crippen LogP contribution in [0.25, 0.3) is 0 Å². The maximum atomic E-state index is 13.2. The van der Waals surface area contributed by atoms with Gasteiger partial charge in [0.2, 0.25) is 5.91 Å². The molecule has 0 aliphatic rings. The van der Waals surface area contributed by atoms with Crippen molar-refractivity contribution in [3.63, 3.8) is 0 Å². The predicted molar refractivity (Wildman–Crippen MR) is 66.9 cm³/mol. The van der Waals surface area contributed by atoms with Gasteiger partial charge < -0.3 is 5.32 Å². The molecule has 1 aromatic carbocycles. The Bertz CT molecular complexity index is 506. The molecule has 0 aromatic heterocycles. The molecule has 0 spiro atoms. The standard InChI is InChI=1S/C12H12BrFN2O/c1-7-4-9(14)8(13)5-10(7)16-11(17)12(2,3)6-15/h4-5H,1-3H3,(H,16,17). The van der Waals surface area contributed by atoms with Gasteiger partial charge in [-0.15, -0.1) is 0 Å². The summed E-state index contributed by atoms with van der Waals surface area (Å²) in [5, 5.41) is 11.4. The lowest BCUT2D eigenvalue weighted by atomic mass is 9.94. The van der Waals surface area contributed by atoms with E-state index in [1.807, 2.05) is 6.07 Å². The number of amides is 1. The highest BCUT2D eigenvalue weighted by atomic mass is 79.9. The first kappa shape index (κ1) is 13.7. The van der Waals surface area contributed by atoms with Crippen LogP contribution in [0.2, 0.25) is 0 Å². The number of halogens is 2. The van der Waals surface area contributed by atoms with Gasteiger partial charge in [-0.2, -0.15) is 5.26 Å². The molecular weight excluding hydrogens is 287 g/mol. The molecule has 0 saturated heterocycles. The van der Waals surface area contributed by atoms with E-state index in [1.54, 1.807) is 6.92 Å². The fourth-order valence-electron chi connectivity index (χ4n) is 1.11. The van der Waals surface area contributed by atoms with E-state index in [4.69, 9.17) is 5.26 Å². The molecule has 0 atom stereocenters. The molecule has 1 amide bonds. The van der Waals surface area contributed by atoms with Gasteiger partial charge in [0, 0.05) is 5.69 Å². The van der Waals surface area contributed by atoms with E-state index in [9.17, 15) is 9.18 Å². The second-order valence-corrected chi connectivity index (χ2v) is 5.13. The summed E-state index contributed by atoms with van der Waals surface area (Å²) in [6.07, 6.45) is 0. The van der Waals surface area contributed by atoms with Crippen molar-refractivity contribution in [1.82, 2.24) is 0 Å². The Morgan fingerprint density at radius 3 is 2.65 bits per heavy atom. The number of benzene rings is 1. The minimum absolute atomic E-state index is 0.271. The van der Waals surface area contributed by atoms with Gasteiger partial charge in [0.1, 0.15) is 11.2 Å². The molecule has 0 unspecified atom stereocenters. The molecule has 3 nitrogen and oxygen atoms in total. The summed E-state index contributed by atoms with van der Waals surface area (Å²) in [6, 6.07) is 4.71. The molecule has 1 N–H and O–H groups in total. The van der Waals surface area contributed by atoms with Crippen LogP contribution in [0, 0.1) is 29.5 Å². The van der Waals surface area contributed by atoms with Crippen LogP contribution in [-0.4, -0.2) is 5.91 Å². The van der Waals surface area contributed by atoms with Crippen LogP contribution in [0.3, 0.4) is 0 Å². The van der Waals surface area contributed by atoms with Gasteiger partial charge in [0.25, 0.3) is 0 Å². The number of nitrogens with zero attached hydrogens (tertiary/aromatic N) is 1. The van der Waals surface area contributed by atoms with Crippen molar-refractivity contribution in [2.24, 2.45) is 5.41 Å². The topological polar surface area (TPSA) is 52.9 Å². The fraction of sp³-hybridized carbons (Fsp3) is 0.333. The summed E-state index contributed by atoms with van der Waals surface area (Å²) < 4.78 is 13.5. The summed E-state index contributed by atoms with van der Waals surface area (Å²) in [5.41, 5.74) is -0.0211. The quantitative estimate of drug-likeness (QED) is 0.910. The highest BCUT2D eigenvalue weighted by molar-refractivity contribution is 9.10. The lowest BCUT2D eigenvalue weighted by Gasteiger charge is -2.16. The van der Waals surface area contributed by atoms with Crippen LogP contribution in [0.5, 0.6) is 0 Å². The summed E-state index contributed by atoms with van der Waals surface area (Å²) in [5.74, 6) is -0.804. The van der Waals surface area contributed by atoms with Crippen LogP contribution in [0.15, 0.2) is 16.6 Å². The second kappa shape index (κ2) is 4.84. The Balaban J connectivity index is 3.02. The van der Waals surface area contributed by atoms with E-state index in [0.717, 1.165) is 0 Å². The Morgan fingerprint density at radius 2 is 2.12 bits per heavy atom. The normalized spacial score (nSPS) is 10.8. The number of carbonyl (C=O) groups excluding carboxylic acids is 1. The molecule has 17 heavy (non-hydrogen) atoms. The van der Waals surface area contributed by atoms with Crippen molar-refractivity contribution in [1.29, 1.82) is 5.26 Å². The zero-order valence-electron chi connectivity index (χ0n) is 9.77. The lowest BCUT2D eigenvalue weighted by Crippen LogP contribution is -2.29. The van der Waals surface area contributed by atoms with Crippen LogP contribution in [0.4, 0.5) is 10.1 Å². The van der Waals surface area contributed by atoms with Gasteiger partial charge in [-0.05, 0) is 54.4 Å². The van der Waals surface area contributed by atoms with Crippen molar-refractivity contribution >= 4 is 27.5 Å². The molecular formula is C12H12BrFN2O. The van der Waals surface area contributed by atoms with Crippen molar-refractivity contribution in [3.8, 4) is 6.07 Å². The van der Waals surface area contributed by atoms with Crippen LogP contribution in [0.1, 0.15) is 19.4 Å². The summed E-state index contributed by atoms with van der Waals surface area (Å²) >= 11 is 3.05. The second-order valence-electron chi connectivity index (χ2n) is 4.27. The molecule has 0 saturated carbocycles. The molecule has 0 fully saturated rings. The highest BCUT2D eigenvalue weighted by Gasteiger charge is 2.27. The van der Waals surface area contributed by atoms with Crippen molar-refractivity contribution in [2.45, 2.75) is 20.8 Å². The first-order valence-corrected chi connectivity index (χ1v) is 5.75. The van der Waals surface area contributed by atoms with Gasteiger partial charge in [-0.25, -0.2) is 4.39 Å². The minimum atomic E-state index is -1.12. The molecule has 0 aliphatic heterocycles. The monoisotopic (exact) mass is 298 g/mol. The van der Waals surface area contributed by atoms with E-state index in [2.05, 4.69) is 21.2 Å². The average molecular weight is 299 g/mol. The zero-order chi connectivity index (χ0) is 13.2. The number of nitrogens with one attached hydrogen (secondary N) is 1.